The predicted octanol–water partition coefficient (Wildman–Crippen LogP) is 11.7. The highest BCUT2D eigenvalue weighted by molar-refractivity contribution is 7.47. The molecular formula is C46H79O10P. The van der Waals surface area contributed by atoms with Crippen LogP contribution in [0.4, 0.5) is 0 Å². The average molecular weight is 823 g/mol. The molecule has 0 fully saturated rings. The van der Waals surface area contributed by atoms with Gasteiger partial charge in [-0.15, -0.1) is 0 Å². The van der Waals surface area contributed by atoms with Crippen LogP contribution in [-0.4, -0.2) is 65.7 Å². The van der Waals surface area contributed by atoms with Crippen LogP contribution in [-0.2, 0) is 32.7 Å². The quantitative estimate of drug-likeness (QED) is 0.0236. The summed E-state index contributed by atoms with van der Waals surface area (Å²) in [4.78, 5) is 34.5. The first-order chi connectivity index (χ1) is 27.8. The van der Waals surface area contributed by atoms with Crippen molar-refractivity contribution in [1.29, 1.82) is 0 Å². The molecule has 0 amide bonds. The zero-order valence-corrected chi connectivity index (χ0v) is 36.4. The van der Waals surface area contributed by atoms with E-state index in [1.807, 2.05) is 0 Å². The number of phosphoric ester groups is 1. The van der Waals surface area contributed by atoms with Crippen molar-refractivity contribution < 1.29 is 47.8 Å². The normalized spacial score (nSPS) is 14.5. The third kappa shape index (κ3) is 40.0. The number of unbranched alkanes of at least 4 members (excludes halogenated alkanes) is 14. The summed E-state index contributed by atoms with van der Waals surface area (Å²) in [5, 5.41) is 19.2. The largest absolute Gasteiger partial charge is 0.472 e. The molecule has 0 rings (SSSR count). The molecule has 11 heteroatoms. The van der Waals surface area contributed by atoms with Gasteiger partial charge in [0.05, 0.1) is 26.4 Å². The van der Waals surface area contributed by atoms with Crippen molar-refractivity contribution in [3.05, 3.63) is 72.9 Å². The minimum Gasteiger partial charge on any atom is -0.457 e. The number of aliphatic hydroxyl groups excluding tert-OH is 2. The summed E-state index contributed by atoms with van der Waals surface area (Å²) in [5.41, 5.74) is 0. The van der Waals surface area contributed by atoms with E-state index in [9.17, 15) is 29.3 Å². The predicted molar refractivity (Wildman–Crippen MR) is 233 cm³/mol. The van der Waals surface area contributed by atoms with Crippen LogP contribution in [0, 0.1) is 0 Å². The Morgan fingerprint density at radius 3 is 1.19 bits per heavy atom. The number of aliphatic hydroxyl groups is 2. The Kier molecular flexibility index (Phi) is 39.7. The highest BCUT2D eigenvalue weighted by Gasteiger charge is 2.27. The Balaban J connectivity index is 3.94. The Morgan fingerprint density at radius 2 is 0.825 bits per heavy atom. The lowest BCUT2D eigenvalue weighted by Gasteiger charge is -2.20. The lowest BCUT2D eigenvalue weighted by atomic mass is 10.1. The molecule has 0 spiro atoms. The number of phosphoric acid groups is 1. The standard InChI is InChI=1S/C46H79O10P/c1-3-5-7-9-11-13-15-17-18-19-20-21-22-23-24-26-28-30-32-34-36-38-46(50)56-44(40-48)42-54-57(51,52)53-41-43(39-47)55-45(49)37-35-33-31-29-27-25-16-14-12-10-8-6-4-2/h5,7-8,10-11,13-14,16-18,20-21,43-44,47-48H,3-4,6,9,12,15,19,22-42H2,1-2H3,(H,51,52)/b7-5-,10-8-,13-11-,16-14-,18-17-,21-20-. The molecule has 0 saturated carbocycles. The van der Waals surface area contributed by atoms with Crippen molar-refractivity contribution in [3.63, 3.8) is 0 Å². The van der Waals surface area contributed by atoms with E-state index in [0.29, 0.717) is 12.8 Å². The molecule has 0 radical (unpaired) electrons. The molecule has 3 unspecified atom stereocenters. The topological polar surface area (TPSA) is 149 Å². The summed E-state index contributed by atoms with van der Waals surface area (Å²) in [7, 11) is -4.65. The molecule has 0 aromatic rings. The SMILES string of the molecule is CC/C=C\C/C=C\C/C=C\C/C=C\CCCCCCCCCCC(=O)OC(CO)COP(=O)(O)OCC(CO)OC(=O)CCCCCCC/C=C\C/C=C\CCC. The van der Waals surface area contributed by atoms with Crippen molar-refractivity contribution >= 4 is 19.8 Å². The maximum atomic E-state index is 12.4. The summed E-state index contributed by atoms with van der Waals surface area (Å²) >= 11 is 0. The second kappa shape index (κ2) is 41.6. The van der Waals surface area contributed by atoms with Gasteiger partial charge in [0.1, 0.15) is 12.2 Å². The molecule has 0 saturated heterocycles. The van der Waals surface area contributed by atoms with Crippen molar-refractivity contribution in [2.45, 2.75) is 180 Å². The molecule has 0 aromatic heterocycles. The molecule has 3 atom stereocenters. The number of rotatable bonds is 40. The lowest BCUT2D eigenvalue weighted by molar-refractivity contribution is -0.153. The Morgan fingerprint density at radius 1 is 0.491 bits per heavy atom. The summed E-state index contributed by atoms with van der Waals surface area (Å²) in [6, 6.07) is 0. The molecule has 328 valence electrons. The van der Waals surface area contributed by atoms with Gasteiger partial charge in [-0.1, -0.05) is 151 Å². The number of ether oxygens (including phenoxy) is 2. The fourth-order valence-electron chi connectivity index (χ4n) is 5.55. The second-order valence-electron chi connectivity index (χ2n) is 14.3. The van der Waals surface area contributed by atoms with Crippen LogP contribution < -0.4 is 0 Å². The van der Waals surface area contributed by atoms with Crippen molar-refractivity contribution in [3.8, 4) is 0 Å². The van der Waals surface area contributed by atoms with Crippen LogP contribution in [0.5, 0.6) is 0 Å². The van der Waals surface area contributed by atoms with Crippen molar-refractivity contribution in [2.24, 2.45) is 0 Å². The molecular weight excluding hydrogens is 743 g/mol. The van der Waals surface area contributed by atoms with E-state index in [2.05, 4.69) is 86.8 Å². The van der Waals surface area contributed by atoms with Crippen LogP contribution in [0.25, 0.3) is 0 Å². The van der Waals surface area contributed by atoms with E-state index >= 15 is 0 Å². The monoisotopic (exact) mass is 823 g/mol. The fraction of sp³-hybridized carbons (Fsp3) is 0.696. The first-order valence-corrected chi connectivity index (χ1v) is 23.4. The van der Waals surface area contributed by atoms with Gasteiger partial charge in [0.25, 0.3) is 0 Å². The number of carbonyl (C=O) groups is 2. The summed E-state index contributed by atoms with van der Waals surface area (Å²) < 4.78 is 32.5. The maximum absolute atomic E-state index is 12.4. The van der Waals surface area contributed by atoms with Crippen molar-refractivity contribution in [1.82, 2.24) is 0 Å². The number of carbonyl (C=O) groups excluding carboxylic acids is 2. The molecule has 10 nitrogen and oxygen atoms in total. The first kappa shape index (κ1) is 54.4. The molecule has 0 aliphatic rings. The van der Waals surface area contributed by atoms with Gasteiger partial charge in [-0.05, 0) is 77.0 Å². The van der Waals surface area contributed by atoms with Crippen LogP contribution >= 0.6 is 7.82 Å². The van der Waals surface area contributed by atoms with Crippen LogP contribution in [0.15, 0.2) is 72.9 Å². The molecule has 3 N–H and O–H groups in total. The van der Waals surface area contributed by atoms with Crippen LogP contribution in [0.3, 0.4) is 0 Å². The highest BCUT2D eigenvalue weighted by atomic mass is 31.2. The number of esters is 2. The Hall–Kier alpha value is -2.59. The van der Waals surface area contributed by atoms with Gasteiger partial charge in [0.2, 0.25) is 0 Å². The molecule has 57 heavy (non-hydrogen) atoms. The van der Waals surface area contributed by atoms with Crippen LogP contribution in [0.2, 0.25) is 0 Å². The van der Waals surface area contributed by atoms with E-state index in [-0.39, 0.29) is 12.8 Å². The average Bonchev–Trinajstić information content (AvgIpc) is 3.20. The Bertz CT molecular complexity index is 1180. The minimum absolute atomic E-state index is 0.172. The highest BCUT2D eigenvalue weighted by Crippen LogP contribution is 2.43. The number of hydrogen-bond donors (Lipinski definition) is 3. The van der Waals surface area contributed by atoms with Gasteiger partial charge in [-0.25, -0.2) is 4.57 Å². The van der Waals surface area contributed by atoms with Crippen LogP contribution in [0.1, 0.15) is 168 Å². The summed E-state index contributed by atoms with van der Waals surface area (Å²) in [6.07, 6.45) is 47.3. The summed E-state index contributed by atoms with van der Waals surface area (Å²) in [5.74, 6) is -1.05. The molecule has 0 aliphatic carbocycles. The molecule has 0 aromatic carbocycles. The number of allylic oxidation sites excluding steroid dienone is 12. The zero-order chi connectivity index (χ0) is 41.9. The third-order valence-corrected chi connectivity index (χ3v) is 9.83. The van der Waals surface area contributed by atoms with Gasteiger partial charge in [-0.3, -0.25) is 18.6 Å². The van der Waals surface area contributed by atoms with E-state index in [1.165, 1.54) is 32.1 Å². The lowest BCUT2D eigenvalue weighted by Crippen LogP contribution is -2.28. The molecule has 0 bridgehead atoms. The van der Waals surface area contributed by atoms with Gasteiger partial charge in [0, 0.05) is 12.8 Å². The minimum atomic E-state index is -4.65. The second-order valence-corrected chi connectivity index (χ2v) is 15.7. The van der Waals surface area contributed by atoms with E-state index in [0.717, 1.165) is 96.3 Å². The molecule has 0 aliphatic heterocycles. The molecule has 0 heterocycles. The van der Waals surface area contributed by atoms with Crippen molar-refractivity contribution in [2.75, 3.05) is 26.4 Å². The smallest absolute Gasteiger partial charge is 0.457 e. The number of hydrogen-bond acceptors (Lipinski definition) is 9. The Labute approximate surface area is 346 Å². The van der Waals surface area contributed by atoms with Gasteiger partial charge in [0.15, 0.2) is 0 Å². The fourth-order valence-corrected chi connectivity index (χ4v) is 6.34. The third-order valence-electron chi connectivity index (χ3n) is 8.88. The van der Waals surface area contributed by atoms with Gasteiger partial charge < -0.3 is 24.6 Å². The van der Waals surface area contributed by atoms with E-state index in [4.69, 9.17) is 18.5 Å². The summed E-state index contributed by atoms with van der Waals surface area (Å²) in [6.45, 7) is 1.99. The maximum Gasteiger partial charge on any atom is 0.472 e. The van der Waals surface area contributed by atoms with E-state index in [1.54, 1.807) is 0 Å². The first-order valence-electron chi connectivity index (χ1n) is 21.9. The van der Waals surface area contributed by atoms with E-state index < -0.39 is 58.4 Å². The van der Waals surface area contributed by atoms with Gasteiger partial charge >= 0.3 is 19.8 Å². The van der Waals surface area contributed by atoms with Gasteiger partial charge in [-0.2, -0.15) is 0 Å². The zero-order valence-electron chi connectivity index (χ0n) is 35.5.